The summed E-state index contributed by atoms with van der Waals surface area (Å²) in [7, 11) is 0. The first-order valence-electron chi connectivity index (χ1n) is 6.11. The number of hydrogen-bond donors (Lipinski definition) is 2. The third kappa shape index (κ3) is 2.90. The predicted octanol–water partition coefficient (Wildman–Crippen LogP) is 1.85. The van der Waals surface area contributed by atoms with E-state index in [0.717, 1.165) is 0 Å². The molecule has 1 heterocycles. The number of ether oxygens (including phenoxy) is 1. The molecule has 2 N–H and O–H groups in total. The van der Waals surface area contributed by atoms with Crippen molar-refractivity contribution in [2.75, 3.05) is 6.61 Å². The Kier molecular flexibility index (Phi) is 4.54. The van der Waals surface area contributed by atoms with Gasteiger partial charge >= 0.3 is 5.97 Å². The van der Waals surface area contributed by atoms with Crippen LogP contribution in [0.3, 0.4) is 0 Å². The van der Waals surface area contributed by atoms with Crippen molar-refractivity contribution in [3.05, 3.63) is 41.0 Å². The molecule has 0 aliphatic carbocycles. The Morgan fingerprint density at radius 2 is 2.15 bits per heavy atom. The van der Waals surface area contributed by atoms with Gasteiger partial charge in [0.15, 0.2) is 6.10 Å². The number of carbonyl (C=O) groups is 1. The summed E-state index contributed by atoms with van der Waals surface area (Å²) in [6.45, 7) is 1.76. The van der Waals surface area contributed by atoms with E-state index in [-0.39, 0.29) is 6.61 Å². The first-order chi connectivity index (χ1) is 9.54. The van der Waals surface area contributed by atoms with Crippen LogP contribution in [0.25, 0.3) is 10.9 Å². The van der Waals surface area contributed by atoms with Crippen molar-refractivity contribution in [1.82, 2.24) is 4.98 Å². The molecule has 0 saturated carbocycles. The summed E-state index contributed by atoms with van der Waals surface area (Å²) in [5.41, 5.74) is 1.03. The number of carbonyl (C=O) groups excluding carboxylic acids is 1. The van der Waals surface area contributed by atoms with Gasteiger partial charge in [-0.3, -0.25) is 4.98 Å². The van der Waals surface area contributed by atoms with Crippen molar-refractivity contribution >= 4 is 28.5 Å². The molecule has 1 aromatic carbocycles. The van der Waals surface area contributed by atoms with Crippen LogP contribution in [-0.2, 0) is 9.53 Å². The number of rotatable bonds is 4. The maximum atomic E-state index is 11.4. The summed E-state index contributed by atoms with van der Waals surface area (Å²) in [5, 5.41) is 20.9. The number of pyridine rings is 1. The van der Waals surface area contributed by atoms with Crippen molar-refractivity contribution < 1.29 is 19.7 Å². The minimum Gasteiger partial charge on any atom is -0.464 e. The number of aliphatic hydroxyl groups excluding tert-OH is 2. The fraction of sp³-hybridized carbons (Fsp3) is 0.286. The molecule has 0 aliphatic rings. The molecular weight excluding hydrogens is 282 g/mol. The number of nitrogens with zero attached hydrogens (tertiary/aromatic N) is 1. The second-order valence-corrected chi connectivity index (χ2v) is 4.62. The molecule has 0 amide bonds. The minimum atomic E-state index is -1.64. The van der Waals surface area contributed by atoms with Gasteiger partial charge in [-0.2, -0.15) is 0 Å². The number of aromatic nitrogens is 1. The van der Waals surface area contributed by atoms with E-state index in [9.17, 15) is 15.0 Å². The Hall–Kier alpha value is -1.69. The molecule has 0 aliphatic heterocycles. The Morgan fingerprint density at radius 1 is 1.40 bits per heavy atom. The molecule has 2 atom stereocenters. The van der Waals surface area contributed by atoms with Crippen LogP contribution in [0.5, 0.6) is 0 Å². The highest BCUT2D eigenvalue weighted by Gasteiger charge is 2.27. The Morgan fingerprint density at radius 3 is 2.85 bits per heavy atom. The predicted molar refractivity (Wildman–Crippen MR) is 74.4 cm³/mol. The van der Waals surface area contributed by atoms with E-state index in [0.29, 0.717) is 21.5 Å². The fourth-order valence-corrected chi connectivity index (χ4v) is 2.06. The number of halogens is 1. The number of benzene rings is 1. The van der Waals surface area contributed by atoms with Gasteiger partial charge in [0, 0.05) is 11.6 Å². The molecule has 0 bridgehead atoms. The van der Waals surface area contributed by atoms with Crippen molar-refractivity contribution in [3.8, 4) is 0 Å². The molecule has 0 saturated heterocycles. The van der Waals surface area contributed by atoms with E-state index < -0.39 is 18.2 Å². The topological polar surface area (TPSA) is 79.7 Å². The van der Waals surface area contributed by atoms with E-state index in [4.69, 9.17) is 11.6 Å². The van der Waals surface area contributed by atoms with E-state index in [1.165, 1.54) is 0 Å². The molecule has 2 aromatic rings. The molecule has 106 valence electrons. The van der Waals surface area contributed by atoms with Crippen molar-refractivity contribution in [3.63, 3.8) is 0 Å². The van der Waals surface area contributed by atoms with Crippen LogP contribution in [-0.4, -0.2) is 33.9 Å². The second kappa shape index (κ2) is 6.17. The third-order valence-corrected chi connectivity index (χ3v) is 3.21. The van der Waals surface area contributed by atoms with Crippen LogP contribution >= 0.6 is 11.6 Å². The number of esters is 1. The minimum absolute atomic E-state index is 0.135. The van der Waals surface area contributed by atoms with E-state index in [1.54, 1.807) is 37.4 Å². The maximum absolute atomic E-state index is 11.4. The molecule has 0 spiro atoms. The summed E-state index contributed by atoms with van der Waals surface area (Å²) >= 11 is 6.05. The largest absolute Gasteiger partial charge is 0.464 e. The molecule has 0 radical (unpaired) electrons. The average molecular weight is 296 g/mol. The highest BCUT2D eigenvalue weighted by molar-refractivity contribution is 6.35. The van der Waals surface area contributed by atoms with Crippen LogP contribution in [0.4, 0.5) is 0 Å². The lowest BCUT2D eigenvalue weighted by Crippen LogP contribution is -2.29. The normalized spacial score (nSPS) is 14.0. The average Bonchev–Trinajstić information content (AvgIpc) is 2.46. The number of hydrogen-bond acceptors (Lipinski definition) is 5. The third-order valence-electron chi connectivity index (χ3n) is 2.88. The van der Waals surface area contributed by atoms with Crippen LogP contribution in [0, 0.1) is 0 Å². The van der Waals surface area contributed by atoms with E-state index in [2.05, 4.69) is 9.72 Å². The highest BCUT2D eigenvalue weighted by Crippen LogP contribution is 2.26. The second-order valence-electron chi connectivity index (χ2n) is 4.21. The molecular formula is C14H14ClNO4. The lowest BCUT2D eigenvalue weighted by atomic mass is 10.0. The Balaban J connectivity index is 2.33. The molecule has 2 rings (SSSR count). The molecule has 6 heteroatoms. The van der Waals surface area contributed by atoms with Gasteiger partial charge in [0.2, 0.25) is 0 Å². The summed E-state index contributed by atoms with van der Waals surface area (Å²) in [6.07, 6.45) is -1.44. The smallest absolute Gasteiger partial charge is 0.338 e. The zero-order valence-electron chi connectivity index (χ0n) is 10.8. The van der Waals surface area contributed by atoms with Gasteiger partial charge in [-0.05, 0) is 30.7 Å². The van der Waals surface area contributed by atoms with Gasteiger partial charge in [-0.25, -0.2) is 4.79 Å². The summed E-state index contributed by atoms with van der Waals surface area (Å²) < 4.78 is 4.67. The van der Waals surface area contributed by atoms with Crippen LogP contribution in [0.15, 0.2) is 30.5 Å². The molecule has 5 nitrogen and oxygen atoms in total. The van der Waals surface area contributed by atoms with Gasteiger partial charge in [0.05, 0.1) is 17.1 Å². The van der Waals surface area contributed by atoms with Crippen molar-refractivity contribution in [2.45, 2.75) is 19.1 Å². The summed E-state index contributed by atoms with van der Waals surface area (Å²) in [6, 6.07) is 6.47. The van der Waals surface area contributed by atoms with Crippen LogP contribution in [0.1, 0.15) is 18.6 Å². The van der Waals surface area contributed by atoms with Crippen molar-refractivity contribution in [2.24, 2.45) is 0 Å². The fourth-order valence-electron chi connectivity index (χ4n) is 1.85. The number of aliphatic hydroxyl groups is 2. The maximum Gasteiger partial charge on any atom is 0.338 e. The Bertz CT molecular complexity index is 632. The van der Waals surface area contributed by atoms with Crippen LogP contribution < -0.4 is 0 Å². The van der Waals surface area contributed by atoms with Crippen molar-refractivity contribution in [1.29, 1.82) is 0 Å². The zero-order valence-corrected chi connectivity index (χ0v) is 11.5. The summed E-state index contributed by atoms with van der Waals surface area (Å²) in [4.78, 5) is 15.5. The highest BCUT2D eigenvalue weighted by atomic mass is 35.5. The van der Waals surface area contributed by atoms with Crippen LogP contribution in [0.2, 0.25) is 5.02 Å². The quantitative estimate of drug-likeness (QED) is 0.842. The first-order valence-corrected chi connectivity index (χ1v) is 6.49. The first kappa shape index (κ1) is 14.7. The Labute approximate surface area is 120 Å². The zero-order chi connectivity index (χ0) is 14.7. The molecule has 2 unspecified atom stereocenters. The monoisotopic (exact) mass is 295 g/mol. The lowest BCUT2D eigenvalue weighted by Gasteiger charge is -2.17. The molecule has 20 heavy (non-hydrogen) atoms. The standard InChI is InChI=1S/C14H14ClNO4/c1-2-20-14(19)13(18)12(17)8-3-4-11-9(7-8)10(15)5-6-16-11/h3-7,12-13,17-18H,2H2,1H3. The lowest BCUT2D eigenvalue weighted by molar-refractivity contribution is -0.159. The van der Waals surface area contributed by atoms with Gasteiger partial charge in [-0.15, -0.1) is 0 Å². The summed E-state index contributed by atoms with van der Waals surface area (Å²) in [5.74, 6) is -0.864. The van der Waals surface area contributed by atoms with E-state index >= 15 is 0 Å². The number of fused-ring (bicyclic) bond motifs is 1. The van der Waals surface area contributed by atoms with Gasteiger partial charge in [0.1, 0.15) is 6.10 Å². The van der Waals surface area contributed by atoms with Gasteiger partial charge in [0.25, 0.3) is 0 Å². The molecule has 0 fully saturated rings. The van der Waals surface area contributed by atoms with E-state index in [1.807, 2.05) is 0 Å². The molecule has 1 aromatic heterocycles. The van der Waals surface area contributed by atoms with Gasteiger partial charge in [-0.1, -0.05) is 17.7 Å². The SMILES string of the molecule is CCOC(=O)C(O)C(O)c1ccc2nccc(Cl)c2c1. The van der Waals surface area contributed by atoms with Gasteiger partial charge < -0.3 is 14.9 Å².